The van der Waals surface area contributed by atoms with Crippen molar-refractivity contribution in [1.29, 1.82) is 0 Å². The fraction of sp³-hybridized carbons (Fsp3) is 0. The van der Waals surface area contributed by atoms with Crippen LogP contribution in [0.3, 0.4) is 0 Å². The van der Waals surface area contributed by atoms with Crippen LogP contribution in [0.5, 0.6) is 0 Å². The number of benzene rings is 1. The zero-order valence-corrected chi connectivity index (χ0v) is 9.05. The number of rotatable bonds is 2. The van der Waals surface area contributed by atoms with Gasteiger partial charge < -0.3 is 0 Å². The molecular formula is C8H7BBr2. The topological polar surface area (TPSA) is 0 Å². The summed E-state index contributed by atoms with van der Waals surface area (Å²) in [6.45, 7) is 0. The third kappa shape index (κ3) is 3.78. The average molecular weight is 274 g/mol. The average Bonchev–Trinajstić information content (AvgIpc) is 2.03. The second-order valence-electron chi connectivity index (χ2n) is 2.10. The summed E-state index contributed by atoms with van der Waals surface area (Å²) in [5, 5.41) is 0. The van der Waals surface area contributed by atoms with Crippen LogP contribution in [0.15, 0.2) is 36.3 Å². The molecule has 0 aliphatic rings. The lowest BCUT2D eigenvalue weighted by Gasteiger charge is -1.89. The van der Waals surface area contributed by atoms with Gasteiger partial charge in [-0.05, 0) is 5.56 Å². The predicted molar refractivity (Wildman–Crippen MR) is 59.1 cm³/mol. The summed E-state index contributed by atoms with van der Waals surface area (Å²) in [6.07, 6.45) is 2.06. The van der Waals surface area contributed by atoms with E-state index in [2.05, 4.69) is 49.7 Å². The highest BCUT2D eigenvalue weighted by Crippen LogP contribution is 2.07. The van der Waals surface area contributed by atoms with Gasteiger partial charge in [0.15, 0.2) is 0 Å². The predicted octanol–water partition coefficient (Wildman–Crippen LogP) is 3.52. The molecule has 0 spiro atoms. The summed E-state index contributed by atoms with van der Waals surface area (Å²) in [5.74, 6) is 2.04. The molecule has 0 amide bonds. The van der Waals surface area contributed by atoms with Gasteiger partial charge in [0.2, 0.25) is 0 Å². The van der Waals surface area contributed by atoms with E-state index in [1.807, 2.05) is 24.2 Å². The number of halogens is 2. The highest BCUT2D eigenvalue weighted by atomic mass is 79.9. The van der Waals surface area contributed by atoms with Crippen LogP contribution < -0.4 is 0 Å². The van der Waals surface area contributed by atoms with E-state index < -0.39 is 0 Å². The minimum atomic E-state index is 0.259. The van der Waals surface area contributed by atoms with Crippen LogP contribution in [-0.2, 0) is 0 Å². The molecule has 3 heteroatoms. The van der Waals surface area contributed by atoms with E-state index >= 15 is 0 Å². The van der Waals surface area contributed by atoms with Crippen molar-refractivity contribution >= 4 is 42.0 Å². The molecule has 11 heavy (non-hydrogen) atoms. The van der Waals surface area contributed by atoms with Crippen molar-refractivity contribution in [1.82, 2.24) is 0 Å². The van der Waals surface area contributed by atoms with Crippen molar-refractivity contribution in [3.8, 4) is 0 Å². The Kier molecular flexibility index (Phi) is 3.94. The molecule has 0 heterocycles. The van der Waals surface area contributed by atoms with Crippen LogP contribution in [-0.4, -0.2) is 4.36 Å². The Balaban J connectivity index is 2.65. The van der Waals surface area contributed by atoms with Crippen LogP contribution >= 0.6 is 31.5 Å². The molecule has 1 aromatic carbocycles. The van der Waals surface area contributed by atoms with Gasteiger partial charge in [-0.2, -0.15) is 0 Å². The third-order valence-electron chi connectivity index (χ3n) is 1.23. The Morgan fingerprint density at radius 3 is 2.27 bits per heavy atom. The zero-order chi connectivity index (χ0) is 8.10. The normalized spacial score (nSPS) is 10.4. The Bertz CT molecular complexity index is 231. The second kappa shape index (κ2) is 4.78. The van der Waals surface area contributed by atoms with Gasteiger partial charge in [-0.25, -0.2) is 0 Å². The van der Waals surface area contributed by atoms with Crippen molar-refractivity contribution in [3.63, 3.8) is 0 Å². The molecule has 0 unspecified atom stereocenters. The quantitative estimate of drug-likeness (QED) is 0.724. The van der Waals surface area contributed by atoms with Crippen LogP contribution in [0.1, 0.15) is 5.56 Å². The lowest BCUT2D eigenvalue weighted by molar-refractivity contribution is 1.66. The monoisotopic (exact) mass is 272 g/mol. The van der Waals surface area contributed by atoms with Gasteiger partial charge in [0.05, 0.1) is 0 Å². The smallest absolute Gasteiger partial charge is 0.133 e. The SMILES string of the molecule is BrB(Br)C=Cc1ccccc1. The third-order valence-corrected chi connectivity index (χ3v) is 1.84. The molecule has 0 bridgehead atoms. The summed E-state index contributed by atoms with van der Waals surface area (Å²) in [6, 6.07) is 10.2. The van der Waals surface area contributed by atoms with E-state index in [1.165, 1.54) is 5.56 Å². The van der Waals surface area contributed by atoms with Crippen LogP contribution in [0, 0.1) is 0 Å². The van der Waals surface area contributed by atoms with E-state index in [4.69, 9.17) is 0 Å². The molecule has 0 saturated carbocycles. The van der Waals surface area contributed by atoms with E-state index in [0.29, 0.717) is 0 Å². The van der Waals surface area contributed by atoms with Gasteiger partial charge in [0.25, 0.3) is 0 Å². The summed E-state index contributed by atoms with van der Waals surface area (Å²) < 4.78 is 0.259. The minimum absolute atomic E-state index is 0.259. The lowest BCUT2D eigenvalue weighted by Crippen LogP contribution is -1.80. The second-order valence-corrected chi connectivity index (χ2v) is 5.31. The van der Waals surface area contributed by atoms with Gasteiger partial charge in [-0.15, -0.1) is 31.5 Å². The molecule has 0 atom stereocenters. The Hall–Kier alpha value is -0.0151. The van der Waals surface area contributed by atoms with Crippen LogP contribution in [0.25, 0.3) is 6.08 Å². The molecule has 0 N–H and O–H groups in total. The Labute approximate surface area is 83.7 Å². The largest absolute Gasteiger partial charge is 0.322 e. The van der Waals surface area contributed by atoms with Gasteiger partial charge in [-0.3, -0.25) is 0 Å². The van der Waals surface area contributed by atoms with Crippen LogP contribution in [0.4, 0.5) is 0 Å². The van der Waals surface area contributed by atoms with Crippen molar-refractivity contribution < 1.29 is 0 Å². The van der Waals surface area contributed by atoms with Gasteiger partial charge in [0.1, 0.15) is 0 Å². The molecule has 0 aromatic heterocycles. The first kappa shape index (κ1) is 9.08. The lowest BCUT2D eigenvalue weighted by atomic mass is 10.1. The molecule has 0 nitrogen and oxygen atoms in total. The first-order valence-electron chi connectivity index (χ1n) is 3.30. The maximum atomic E-state index is 3.36. The first-order valence-corrected chi connectivity index (χ1v) is 5.13. The number of hydrogen-bond donors (Lipinski definition) is 0. The molecular weight excluding hydrogens is 267 g/mol. The van der Waals surface area contributed by atoms with E-state index in [0.717, 1.165) is 0 Å². The van der Waals surface area contributed by atoms with Gasteiger partial charge in [-0.1, -0.05) is 42.4 Å². The van der Waals surface area contributed by atoms with Crippen LogP contribution in [0.2, 0.25) is 0 Å². The Morgan fingerprint density at radius 1 is 1.09 bits per heavy atom. The van der Waals surface area contributed by atoms with Gasteiger partial charge >= 0.3 is 4.36 Å². The molecule has 0 aliphatic carbocycles. The number of hydrogen-bond acceptors (Lipinski definition) is 0. The Morgan fingerprint density at radius 2 is 1.73 bits per heavy atom. The molecule has 1 aromatic rings. The van der Waals surface area contributed by atoms with Crippen molar-refractivity contribution in [2.45, 2.75) is 0 Å². The zero-order valence-electron chi connectivity index (χ0n) is 5.87. The molecule has 0 aliphatic heterocycles. The molecule has 0 saturated heterocycles. The van der Waals surface area contributed by atoms with Crippen molar-refractivity contribution in [3.05, 3.63) is 41.9 Å². The van der Waals surface area contributed by atoms with Crippen molar-refractivity contribution in [2.75, 3.05) is 0 Å². The fourth-order valence-electron chi connectivity index (χ4n) is 0.748. The molecule has 0 radical (unpaired) electrons. The molecule has 56 valence electrons. The highest BCUT2D eigenvalue weighted by molar-refractivity contribution is 9.49. The van der Waals surface area contributed by atoms with E-state index in [9.17, 15) is 0 Å². The van der Waals surface area contributed by atoms with E-state index in [-0.39, 0.29) is 4.36 Å². The summed E-state index contributed by atoms with van der Waals surface area (Å²) in [4.78, 5) is 0. The minimum Gasteiger partial charge on any atom is -0.133 e. The highest BCUT2D eigenvalue weighted by Gasteiger charge is 1.94. The summed E-state index contributed by atoms with van der Waals surface area (Å²) >= 11 is 6.72. The molecule has 0 fully saturated rings. The maximum absolute atomic E-state index is 3.36. The fourth-order valence-corrected chi connectivity index (χ4v) is 1.05. The standard InChI is InChI=1S/C8H7BBr2/c10-9(11)7-6-8-4-2-1-3-5-8/h1-7H. The maximum Gasteiger partial charge on any atom is 0.322 e. The van der Waals surface area contributed by atoms with Crippen molar-refractivity contribution in [2.24, 2.45) is 0 Å². The van der Waals surface area contributed by atoms with Gasteiger partial charge in [0, 0.05) is 0 Å². The summed E-state index contributed by atoms with van der Waals surface area (Å²) in [7, 11) is 0. The molecule has 1 rings (SSSR count). The van der Waals surface area contributed by atoms with E-state index in [1.54, 1.807) is 0 Å². The first-order chi connectivity index (χ1) is 5.29. The summed E-state index contributed by atoms with van der Waals surface area (Å²) in [5.41, 5.74) is 1.22.